The third-order valence-corrected chi connectivity index (χ3v) is 4.21. The van der Waals surface area contributed by atoms with E-state index in [4.69, 9.17) is 11.6 Å². The summed E-state index contributed by atoms with van der Waals surface area (Å²) in [5.74, 6) is 1.63. The van der Waals surface area contributed by atoms with Crippen molar-refractivity contribution in [3.63, 3.8) is 0 Å². The van der Waals surface area contributed by atoms with Gasteiger partial charge in [-0.3, -0.25) is 0 Å². The number of rotatable bonds is 6. The molecule has 2 aromatic heterocycles. The van der Waals surface area contributed by atoms with E-state index < -0.39 is 0 Å². The van der Waals surface area contributed by atoms with Crippen LogP contribution in [0, 0.1) is 0 Å². The van der Waals surface area contributed by atoms with Gasteiger partial charge in [0.1, 0.15) is 10.8 Å². The molecule has 0 bridgehead atoms. The van der Waals surface area contributed by atoms with Gasteiger partial charge in [-0.05, 0) is 12.8 Å². The van der Waals surface area contributed by atoms with E-state index in [2.05, 4.69) is 34.6 Å². The second-order valence-electron chi connectivity index (χ2n) is 4.24. The Morgan fingerprint density at radius 2 is 2.28 bits per heavy atom. The van der Waals surface area contributed by atoms with Gasteiger partial charge < -0.3 is 4.57 Å². The topological polar surface area (TPSA) is 30.7 Å². The van der Waals surface area contributed by atoms with Crippen molar-refractivity contribution in [1.82, 2.24) is 14.5 Å². The van der Waals surface area contributed by atoms with Gasteiger partial charge in [0.05, 0.1) is 17.6 Å². The van der Waals surface area contributed by atoms with E-state index >= 15 is 0 Å². The van der Waals surface area contributed by atoms with Crippen LogP contribution in [-0.4, -0.2) is 14.5 Å². The molecule has 3 nitrogen and oxygen atoms in total. The molecular formula is C13H18ClN3S. The maximum atomic E-state index is 5.82. The van der Waals surface area contributed by atoms with Gasteiger partial charge in [-0.25, -0.2) is 9.97 Å². The first-order valence-electron chi connectivity index (χ1n) is 6.32. The molecule has 0 saturated heterocycles. The summed E-state index contributed by atoms with van der Waals surface area (Å²) < 4.78 is 2.25. The highest BCUT2D eigenvalue weighted by Crippen LogP contribution is 2.27. The quantitative estimate of drug-likeness (QED) is 0.750. The predicted molar refractivity (Wildman–Crippen MR) is 76.3 cm³/mol. The average Bonchev–Trinajstić information content (AvgIpc) is 3.01. The van der Waals surface area contributed by atoms with Crippen LogP contribution in [0.3, 0.4) is 0 Å². The fraction of sp³-hybridized carbons (Fsp3) is 0.538. The molecule has 2 aromatic rings. The van der Waals surface area contributed by atoms with Crippen molar-refractivity contribution in [1.29, 1.82) is 0 Å². The Kier molecular flexibility index (Phi) is 4.78. The van der Waals surface area contributed by atoms with Gasteiger partial charge in [0.25, 0.3) is 0 Å². The Labute approximate surface area is 117 Å². The minimum Gasteiger partial charge on any atom is -0.325 e. The summed E-state index contributed by atoms with van der Waals surface area (Å²) in [6.07, 6.45) is 7.07. The maximum Gasteiger partial charge on any atom is 0.116 e. The molecule has 0 aliphatic heterocycles. The highest BCUT2D eigenvalue weighted by atomic mass is 35.5. The van der Waals surface area contributed by atoms with Gasteiger partial charge in [0.2, 0.25) is 0 Å². The molecule has 0 N–H and O–H groups in total. The number of hydrogen-bond donors (Lipinski definition) is 0. The number of imidazole rings is 1. The summed E-state index contributed by atoms with van der Waals surface area (Å²) in [6, 6.07) is 0.288. The Bertz CT molecular complexity index is 492. The molecule has 18 heavy (non-hydrogen) atoms. The number of aryl methyl sites for hydroxylation is 1. The van der Waals surface area contributed by atoms with Gasteiger partial charge in [-0.1, -0.05) is 13.8 Å². The smallest absolute Gasteiger partial charge is 0.116 e. The molecule has 98 valence electrons. The lowest BCUT2D eigenvalue weighted by molar-refractivity contribution is 0.535. The van der Waals surface area contributed by atoms with Crippen molar-refractivity contribution in [3.8, 4) is 0 Å². The standard InChI is InChI=1S/C13H18ClN3S/c1-3-5-12-15-6-7-17(12)11(4-2)13-16-10(8-14)9-18-13/h6-7,9,11H,3-5,8H2,1-2H3. The molecule has 1 atom stereocenters. The zero-order valence-electron chi connectivity index (χ0n) is 10.8. The lowest BCUT2D eigenvalue weighted by Crippen LogP contribution is -2.12. The summed E-state index contributed by atoms with van der Waals surface area (Å²) >= 11 is 7.51. The van der Waals surface area contributed by atoms with Crippen molar-refractivity contribution < 1.29 is 0 Å². The number of aromatic nitrogens is 3. The molecule has 0 spiro atoms. The highest BCUT2D eigenvalue weighted by Gasteiger charge is 2.18. The molecule has 0 radical (unpaired) electrons. The first-order chi connectivity index (χ1) is 8.80. The SMILES string of the molecule is CCCc1nccn1C(CC)c1nc(CCl)cs1. The van der Waals surface area contributed by atoms with E-state index in [-0.39, 0.29) is 6.04 Å². The van der Waals surface area contributed by atoms with Crippen molar-refractivity contribution in [3.05, 3.63) is 34.3 Å². The summed E-state index contributed by atoms with van der Waals surface area (Å²) in [6.45, 7) is 4.36. The van der Waals surface area contributed by atoms with Gasteiger partial charge in [-0.2, -0.15) is 0 Å². The molecular weight excluding hydrogens is 266 g/mol. The number of nitrogens with zero attached hydrogens (tertiary/aromatic N) is 3. The van der Waals surface area contributed by atoms with Crippen LogP contribution in [0.1, 0.15) is 49.3 Å². The van der Waals surface area contributed by atoms with Crippen molar-refractivity contribution in [2.75, 3.05) is 0 Å². The van der Waals surface area contributed by atoms with E-state index in [1.165, 1.54) is 0 Å². The van der Waals surface area contributed by atoms with Gasteiger partial charge in [-0.15, -0.1) is 22.9 Å². The number of halogens is 1. The normalized spacial score (nSPS) is 12.8. The third kappa shape index (κ3) is 2.75. The van der Waals surface area contributed by atoms with E-state index in [1.54, 1.807) is 11.3 Å². The zero-order valence-corrected chi connectivity index (χ0v) is 12.3. The highest BCUT2D eigenvalue weighted by molar-refractivity contribution is 7.09. The molecule has 0 fully saturated rings. The minimum absolute atomic E-state index is 0.288. The average molecular weight is 284 g/mol. The van der Waals surface area contributed by atoms with Gasteiger partial charge >= 0.3 is 0 Å². The van der Waals surface area contributed by atoms with Crippen LogP contribution in [0.4, 0.5) is 0 Å². The molecule has 0 aliphatic carbocycles. The van der Waals surface area contributed by atoms with Crippen LogP contribution >= 0.6 is 22.9 Å². The van der Waals surface area contributed by atoms with Gasteiger partial charge in [0, 0.05) is 24.2 Å². The first kappa shape index (κ1) is 13.6. The lowest BCUT2D eigenvalue weighted by Gasteiger charge is -2.16. The summed E-state index contributed by atoms with van der Waals surface area (Å²) in [5.41, 5.74) is 0.965. The van der Waals surface area contributed by atoms with E-state index in [1.807, 2.05) is 11.6 Å². The third-order valence-electron chi connectivity index (χ3n) is 2.94. The molecule has 5 heteroatoms. The maximum absolute atomic E-state index is 5.82. The van der Waals surface area contributed by atoms with Crippen molar-refractivity contribution in [2.45, 2.75) is 45.0 Å². The Morgan fingerprint density at radius 1 is 1.44 bits per heavy atom. The van der Waals surface area contributed by atoms with Crippen LogP contribution in [0.15, 0.2) is 17.8 Å². The summed E-state index contributed by atoms with van der Waals surface area (Å²) in [4.78, 5) is 9.04. The molecule has 0 aliphatic rings. The predicted octanol–water partition coefficient (Wildman–Crippen LogP) is 4.03. The molecule has 0 aromatic carbocycles. The second kappa shape index (κ2) is 6.34. The largest absolute Gasteiger partial charge is 0.325 e. The number of thiazole rings is 1. The van der Waals surface area contributed by atoms with Gasteiger partial charge in [0.15, 0.2) is 0 Å². The monoisotopic (exact) mass is 283 g/mol. The van der Waals surface area contributed by atoms with E-state index in [0.717, 1.165) is 35.8 Å². The molecule has 0 amide bonds. The van der Waals surface area contributed by atoms with Crippen LogP contribution in [0.25, 0.3) is 0 Å². The summed E-state index contributed by atoms with van der Waals surface area (Å²) in [7, 11) is 0. The number of hydrogen-bond acceptors (Lipinski definition) is 3. The zero-order chi connectivity index (χ0) is 13.0. The first-order valence-corrected chi connectivity index (χ1v) is 7.73. The van der Waals surface area contributed by atoms with Crippen LogP contribution in [-0.2, 0) is 12.3 Å². The van der Waals surface area contributed by atoms with E-state index in [9.17, 15) is 0 Å². The van der Waals surface area contributed by atoms with Crippen LogP contribution in [0.2, 0.25) is 0 Å². The Hall–Kier alpha value is -0.870. The van der Waals surface area contributed by atoms with Crippen LogP contribution in [0.5, 0.6) is 0 Å². The molecule has 1 unspecified atom stereocenters. The Morgan fingerprint density at radius 3 is 2.89 bits per heavy atom. The Balaban J connectivity index is 2.29. The molecule has 2 rings (SSSR count). The fourth-order valence-corrected chi connectivity index (χ4v) is 3.30. The number of alkyl halides is 1. The summed E-state index contributed by atoms with van der Waals surface area (Å²) in [5, 5.41) is 3.17. The van der Waals surface area contributed by atoms with Crippen LogP contribution < -0.4 is 0 Å². The lowest BCUT2D eigenvalue weighted by atomic mass is 10.2. The fourth-order valence-electron chi connectivity index (χ4n) is 2.07. The second-order valence-corrected chi connectivity index (χ2v) is 5.39. The minimum atomic E-state index is 0.288. The molecule has 0 saturated carbocycles. The van der Waals surface area contributed by atoms with E-state index in [0.29, 0.717) is 5.88 Å². The van der Waals surface area contributed by atoms with Crippen molar-refractivity contribution in [2.24, 2.45) is 0 Å². The van der Waals surface area contributed by atoms with Crippen molar-refractivity contribution >= 4 is 22.9 Å². The molecule has 2 heterocycles.